The highest BCUT2D eigenvalue weighted by Crippen LogP contribution is 2.29. The van der Waals surface area contributed by atoms with Crippen LogP contribution in [0.1, 0.15) is 0 Å². The summed E-state index contributed by atoms with van der Waals surface area (Å²) in [5.41, 5.74) is 5.92. The molecule has 3 N–H and O–H groups in total. The van der Waals surface area contributed by atoms with Crippen LogP contribution in [0, 0.1) is 0 Å². The van der Waals surface area contributed by atoms with Crippen LogP contribution in [0.5, 0.6) is 0 Å². The molecule has 0 radical (unpaired) electrons. The van der Waals surface area contributed by atoms with Crippen LogP contribution in [0.15, 0.2) is 44.3 Å². The first-order chi connectivity index (χ1) is 9.29. The van der Waals surface area contributed by atoms with E-state index in [1.165, 1.54) is 18.3 Å². The second-order valence-electron chi connectivity index (χ2n) is 3.77. The van der Waals surface area contributed by atoms with E-state index in [9.17, 15) is 8.42 Å². The molecule has 2 aromatic rings. The quantitative estimate of drug-likeness (QED) is 0.762. The Morgan fingerprint density at radius 3 is 2.65 bits per heavy atom. The van der Waals surface area contributed by atoms with Gasteiger partial charge in [-0.15, -0.1) is 0 Å². The molecule has 0 fully saturated rings. The molecule has 1 heterocycles. The van der Waals surface area contributed by atoms with Gasteiger partial charge in [0, 0.05) is 20.2 Å². The molecule has 2 rings (SSSR count). The number of anilines is 2. The topological polar surface area (TPSA) is 85.1 Å². The maximum atomic E-state index is 12.3. The minimum atomic E-state index is -3.86. The van der Waals surface area contributed by atoms with Crippen LogP contribution < -0.4 is 10.5 Å². The Labute approximate surface area is 137 Å². The number of pyridine rings is 1. The van der Waals surface area contributed by atoms with Gasteiger partial charge in [0.1, 0.15) is 10.7 Å². The van der Waals surface area contributed by atoms with Crippen molar-refractivity contribution in [2.45, 2.75) is 4.90 Å². The van der Waals surface area contributed by atoms with Crippen LogP contribution in [0.3, 0.4) is 0 Å². The van der Waals surface area contributed by atoms with Crippen molar-refractivity contribution in [3.8, 4) is 0 Å². The third kappa shape index (κ3) is 3.43. The first kappa shape index (κ1) is 15.6. The molecule has 0 aliphatic rings. The molecular weight excluding hydrogens is 433 g/mol. The Hall–Kier alpha value is -0.830. The lowest BCUT2D eigenvalue weighted by atomic mass is 10.3. The molecule has 5 nitrogen and oxygen atoms in total. The molecule has 0 aliphatic heterocycles. The predicted octanol–water partition coefficient (Wildman–Crippen LogP) is 3.64. The Balaban J connectivity index is 2.46. The van der Waals surface area contributed by atoms with E-state index in [1.807, 2.05) is 0 Å². The van der Waals surface area contributed by atoms with Crippen molar-refractivity contribution in [2.24, 2.45) is 0 Å². The fraction of sp³-hybridized carbons (Fsp3) is 0. The van der Waals surface area contributed by atoms with Gasteiger partial charge in [-0.25, -0.2) is 13.4 Å². The minimum absolute atomic E-state index is 0.0844. The predicted molar refractivity (Wildman–Crippen MR) is 86.3 cm³/mol. The summed E-state index contributed by atoms with van der Waals surface area (Å²) >= 11 is 12.3. The van der Waals surface area contributed by atoms with Crippen molar-refractivity contribution in [3.63, 3.8) is 0 Å². The number of sulfonamides is 1. The highest BCUT2D eigenvalue weighted by atomic mass is 79.9. The second-order valence-corrected chi connectivity index (χ2v) is 7.62. The van der Waals surface area contributed by atoms with Crippen LogP contribution in [-0.2, 0) is 10.0 Å². The van der Waals surface area contributed by atoms with Crippen molar-refractivity contribution >= 4 is 65.0 Å². The van der Waals surface area contributed by atoms with E-state index in [-0.39, 0.29) is 10.7 Å². The highest BCUT2D eigenvalue weighted by Gasteiger charge is 2.20. The van der Waals surface area contributed by atoms with Crippen molar-refractivity contribution in [2.75, 3.05) is 10.5 Å². The van der Waals surface area contributed by atoms with E-state index in [1.54, 1.807) is 12.1 Å². The Bertz CT molecular complexity index is 768. The average Bonchev–Trinajstić information content (AvgIpc) is 2.36. The van der Waals surface area contributed by atoms with Gasteiger partial charge in [-0.2, -0.15) is 0 Å². The smallest absolute Gasteiger partial charge is 0.265 e. The molecule has 0 amide bonds. The molecule has 0 saturated carbocycles. The normalized spacial score (nSPS) is 11.3. The summed E-state index contributed by atoms with van der Waals surface area (Å²) in [6.07, 6.45) is 1.42. The average molecular weight is 442 g/mol. The molecular formula is C11H8Br2ClN3O2S. The molecule has 0 saturated heterocycles. The van der Waals surface area contributed by atoms with Gasteiger partial charge in [0.15, 0.2) is 0 Å². The van der Waals surface area contributed by atoms with Gasteiger partial charge in [0.05, 0.1) is 5.69 Å². The van der Waals surface area contributed by atoms with Gasteiger partial charge in [-0.05, 0) is 56.1 Å². The maximum absolute atomic E-state index is 12.3. The van der Waals surface area contributed by atoms with Gasteiger partial charge in [-0.3, -0.25) is 4.72 Å². The third-order valence-corrected chi connectivity index (χ3v) is 5.07. The van der Waals surface area contributed by atoms with Crippen molar-refractivity contribution < 1.29 is 8.42 Å². The number of halogens is 3. The summed E-state index contributed by atoms with van der Waals surface area (Å²) in [5.74, 6) is -0.0844. The second kappa shape index (κ2) is 5.88. The minimum Gasteiger partial charge on any atom is -0.383 e. The fourth-order valence-corrected chi connectivity index (χ4v) is 3.73. The van der Waals surface area contributed by atoms with Gasteiger partial charge in [-0.1, -0.05) is 11.6 Å². The molecule has 106 valence electrons. The molecule has 1 aromatic carbocycles. The van der Waals surface area contributed by atoms with Crippen molar-refractivity contribution in [1.29, 1.82) is 0 Å². The highest BCUT2D eigenvalue weighted by molar-refractivity contribution is 9.10. The first-order valence-corrected chi connectivity index (χ1v) is 8.63. The summed E-state index contributed by atoms with van der Waals surface area (Å²) in [6, 6.07) is 6.15. The van der Waals surface area contributed by atoms with E-state index in [0.29, 0.717) is 19.7 Å². The van der Waals surface area contributed by atoms with Crippen molar-refractivity contribution in [3.05, 3.63) is 44.4 Å². The van der Waals surface area contributed by atoms with Crippen LogP contribution in [0.2, 0.25) is 5.02 Å². The lowest BCUT2D eigenvalue weighted by Crippen LogP contribution is -2.16. The number of nitrogens with zero attached hydrogens (tertiary/aromatic N) is 1. The number of nitrogens with one attached hydrogen (secondary N) is 1. The summed E-state index contributed by atoms with van der Waals surface area (Å²) in [7, 11) is -3.86. The molecule has 0 atom stereocenters. The number of nitrogen functional groups attached to an aromatic ring is 1. The molecule has 0 bridgehead atoms. The lowest BCUT2D eigenvalue weighted by Gasteiger charge is -2.11. The number of aromatic nitrogens is 1. The van der Waals surface area contributed by atoms with E-state index >= 15 is 0 Å². The fourth-order valence-electron chi connectivity index (χ4n) is 1.42. The van der Waals surface area contributed by atoms with Crippen LogP contribution in [0.4, 0.5) is 11.5 Å². The zero-order valence-electron chi connectivity index (χ0n) is 9.77. The number of hydrogen-bond donors (Lipinski definition) is 2. The largest absolute Gasteiger partial charge is 0.383 e. The number of benzene rings is 1. The summed E-state index contributed by atoms with van der Waals surface area (Å²) in [4.78, 5) is 3.69. The van der Waals surface area contributed by atoms with Crippen LogP contribution in [0.25, 0.3) is 0 Å². The van der Waals surface area contributed by atoms with E-state index in [4.69, 9.17) is 17.3 Å². The maximum Gasteiger partial charge on any atom is 0.265 e. The lowest BCUT2D eigenvalue weighted by molar-refractivity contribution is 0.601. The number of nitrogens with two attached hydrogens (primary N) is 1. The molecule has 0 unspecified atom stereocenters. The Morgan fingerprint density at radius 2 is 1.95 bits per heavy atom. The SMILES string of the molecule is Nc1ncc(Br)cc1S(=O)(=O)Nc1cc(Cl)ccc1Br. The van der Waals surface area contributed by atoms with E-state index in [0.717, 1.165) is 0 Å². The standard InChI is InChI=1S/C11H8Br2ClN3O2S/c12-6-3-10(11(15)16-5-6)20(18,19)17-9-4-7(14)1-2-8(9)13/h1-5,17H,(H2,15,16). The summed E-state index contributed by atoms with van der Waals surface area (Å²) < 4.78 is 28.1. The molecule has 0 aliphatic carbocycles. The summed E-state index contributed by atoms with van der Waals surface area (Å²) in [6.45, 7) is 0. The van der Waals surface area contributed by atoms with Crippen LogP contribution >= 0.6 is 43.5 Å². The van der Waals surface area contributed by atoms with Gasteiger partial charge in [0.2, 0.25) is 0 Å². The molecule has 20 heavy (non-hydrogen) atoms. The number of hydrogen-bond acceptors (Lipinski definition) is 4. The third-order valence-electron chi connectivity index (χ3n) is 2.31. The Morgan fingerprint density at radius 1 is 1.25 bits per heavy atom. The molecule has 9 heteroatoms. The zero-order valence-corrected chi connectivity index (χ0v) is 14.5. The molecule has 1 aromatic heterocycles. The van der Waals surface area contributed by atoms with E-state index in [2.05, 4.69) is 41.6 Å². The van der Waals surface area contributed by atoms with Crippen LogP contribution in [-0.4, -0.2) is 13.4 Å². The van der Waals surface area contributed by atoms with Gasteiger partial charge < -0.3 is 5.73 Å². The molecule has 0 spiro atoms. The Kier molecular flexibility index (Phi) is 4.58. The van der Waals surface area contributed by atoms with Gasteiger partial charge >= 0.3 is 0 Å². The number of rotatable bonds is 3. The van der Waals surface area contributed by atoms with E-state index < -0.39 is 10.0 Å². The monoisotopic (exact) mass is 439 g/mol. The zero-order chi connectivity index (χ0) is 14.9. The van der Waals surface area contributed by atoms with Gasteiger partial charge in [0.25, 0.3) is 10.0 Å². The van der Waals surface area contributed by atoms with Crippen molar-refractivity contribution in [1.82, 2.24) is 4.98 Å². The first-order valence-electron chi connectivity index (χ1n) is 5.18. The summed E-state index contributed by atoms with van der Waals surface area (Å²) in [5, 5.41) is 0.409.